The lowest BCUT2D eigenvalue weighted by Crippen LogP contribution is -2.36. The smallest absolute Gasteiger partial charge is 0.408 e. The number of aryl methyl sites for hydroxylation is 1. The minimum atomic E-state index is -0.619. The molecule has 0 spiro atoms. The molecule has 1 aromatic heterocycles. The first-order valence-electron chi connectivity index (χ1n) is 5.48. The summed E-state index contributed by atoms with van der Waals surface area (Å²) in [6, 6.07) is 0. The number of carbonyl (C=O) groups excluding carboxylic acids is 2. The van der Waals surface area contributed by atoms with Crippen LogP contribution in [0.3, 0.4) is 0 Å². The summed E-state index contributed by atoms with van der Waals surface area (Å²) in [6.45, 7) is 5.14. The molecule has 1 N–H and O–H groups in total. The monoisotopic (exact) mass is 255 g/mol. The Labute approximate surface area is 105 Å². The Bertz CT molecular complexity index is 435. The zero-order valence-electron chi connectivity index (χ0n) is 10.9. The number of Topliss-reactive ketones (excluding diaryl/α,β-unsaturated/α-hetero) is 1. The van der Waals surface area contributed by atoms with E-state index in [2.05, 4.69) is 20.8 Å². The number of aromatic nitrogens is 4. The molecule has 18 heavy (non-hydrogen) atoms. The summed E-state index contributed by atoms with van der Waals surface area (Å²) in [5.74, 6) is 0.254. The van der Waals surface area contributed by atoms with Gasteiger partial charge in [-0.25, -0.2) is 9.48 Å². The van der Waals surface area contributed by atoms with Crippen molar-refractivity contribution >= 4 is 11.9 Å². The molecule has 0 saturated carbocycles. The molecule has 0 fully saturated rings. The Morgan fingerprint density at radius 2 is 2.06 bits per heavy atom. The largest absolute Gasteiger partial charge is 0.444 e. The molecule has 1 rings (SSSR count). The lowest BCUT2D eigenvalue weighted by Gasteiger charge is -2.19. The summed E-state index contributed by atoms with van der Waals surface area (Å²) >= 11 is 0. The Kier molecular flexibility index (Phi) is 4.35. The van der Waals surface area contributed by atoms with Crippen LogP contribution in [0.25, 0.3) is 0 Å². The number of carbonyl (C=O) groups is 2. The maximum absolute atomic E-state index is 11.6. The predicted molar refractivity (Wildman–Crippen MR) is 61.7 cm³/mol. The third-order valence-corrected chi connectivity index (χ3v) is 1.89. The van der Waals surface area contributed by atoms with Gasteiger partial charge in [-0.15, -0.1) is 5.10 Å². The van der Waals surface area contributed by atoms with E-state index in [-0.39, 0.29) is 18.7 Å². The van der Waals surface area contributed by atoms with Crippen LogP contribution < -0.4 is 5.32 Å². The summed E-state index contributed by atoms with van der Waals surface area (Å²) in [6.07, 6.45) is -0.550. The van der Waals surface area contributed by atoms with E-state index in [0.29, 0.717) is 5.82 Å². The normalized spacial score (nSPS) is 11.1. The summed E-state index contributed by atoms with van der Waals surface area (Å²) in [7, 11) is 1.64. The first-order valence-corrected chi connectivity index (χ1v) is 5.48. The van der Waals surface area contributed by atoms with E-state index < -0.39 is 11.7 Å². The topological polar surface area (TPSA) is 99.0 Å². The van der Waals surface area contributed by atoms with E-state index in [9.17, 15) is 9.59 Å². The van der Waals surface area contributed by atoms with Crippen molar-refractivity contribution < 1.29 is 14.3 Å². The molecule has 0 aliphatic rings. The SMILES string of the molecule is Cn1nnnc1CC(=O)CNC(=O)OC(C)(C)C. The molecule has 0 bridgehead atoms. The van der Waals surface area contributed by atoms with Gasteiger partial charge >= 0.3 is 6.09 Å². The number of ether oxygens (including phenoxy) is 1. The van der Waals surface area contributed by atoms with Gasteiger partial charge in [0.2, 0.25) is 0 Å². The Hall–Kier alpha value is -1.99. The van der Waals surface area contributed by atoms with Crippen LogP contribution in [0.5, 0.6) is 0 Å². The molecule has 8 heteroatoms. The number of amides is 1. The fraction of sp³-hybridized carbons (Fsp3) is 0.700. The van der Waals surface area contributed by atoms with Crippen LogP contribution in [-0.2, 0) is 23.0 Å². The van der Waals surface area contributed by atoms with Crippen LogP contribution in [0.1, 0.15) is 26.6 Å². The molecule has 1 aromatic rings. The summed E-state index contributed by atoms with van der Waals surface area (Å²) in [5, 5.41) is 13.1. The van der Waals surface area contributed by atoms with Crippen molar-refractivity contribution in [2.45, 2.75) is 32.8 Å². The maximum Gasteiger partial charge on any atom is 0.408 e. The summed E-state index contributed by atoms with van der Waals surface area (Å²) in [5.41, 5.74) is -0.583. The highest BCUT2D eigenvalue weighted by Crippen LogP contribution is 2.06. The van der Waals surface area contributed by atoms with Gasteiger partial charge in [-0.1, -0.05) is 0 Å². The van der Waals surface area contributed by atoms with Gasteiger partial charge in [0.1, 0.15) is 5.60 Å². The van der Waals surface area contributed by atoms with Gasteiger partial charge in [0.05, 0.1) is 13.0 Å². The van der Waals surface area contributed by atoms with E-state index in [0.717, 1.165) is 0 Å². The first-order chi connectivity index (χ1) is 8.28. The van der Waals surface area contributed by atoms with Gasteiger partial charge in [-0.05, 0) is 31.2 Å². The van der Waals surface area contributed by atoms with Crippen molar-refractivity contribution in [3.05, 3.63) is 5.82 Å². The van der Waals surface area contributed by atoms with Crippen molar-refractivity contribution in [1.82, 2.24) is 25.5 Å². The molecule has 1 amide bonds. The number of ketones is 1. The molecule has 0 atom stereocenters. The molecule has 100 valence electrons. The molecule has 0 aliphatic carbocycles. The van der Waals surface area contributed by atoms with Crippen molar-refractivity contribution in [2.24, 2.45) is 7.05 Å². The van der Waals surface area contributed by atoms with Crippen LogP contribution in [0, 0.1) is 0 Å². The van der Waals surface area contributed by atoms with Crippen LogP contribution >= 0.6 is 0 Å². The molecule has 0 aliphatic heterocycles. The minimum Gasteiger partial charge on any atom is -0.444 e. The Morgan fingerprint density at radius 1 is 1.39 bits per heavy atom. The van der Waals surface area contributed by atoms with Crippen molar-refractivity contribution in [3.8, 4) is 0 Å². The van der Waals surface area contributed by atoms with E-state index in [1.807, 2.05) is 0 Å². The van der Waals surface area contributed by atoms with Crippen LogP contribution in [0.4, 0.5) is 4.79 Å². The third kappa shape index (κ3) is 4.89. The quantitative estimate of drug-likeness (QED) is 0.803. The molecule has 0 unspecified atom stereocenters. The number of rotatable bonds is 4. The molecular weight excluding hydrogens is 238 g/mol. The highest BCUT2D eigenvalue weighted by Gasteiger charge is 2.17. The van der Waals surface area contributed by atoms with Crippen LogP contribution in [-0.4, -0.2) is 44.2 Å². The first kappa shape index (κ1) is 14.1. The number of hydrogen-bond acceptors (Lipinski definition) is 6. The number of nitrogens with zero attached hydrogens (tertiary/aromatic N) is 4. The Morgan fingerprint density at radius 3 is 2.56 bits per heavy atom. The second-order valence-electron chi connectivity index (χ2n) is 4.79. The van der Waals surface area contributed by atoms with Gasteiger partial charge < -0.3 is 10.1 Å². The molecule has 0 radical (unpaired) electrons. The number of tetrazole rings is 1. The standard InChI is InChI=1S/C10H17N5O3/c1-10(2,3)18-9(17)11-6-7(16)5-8-12-13-14-15(8)4/h5-6H2,1-4H3,(H,11,17). The zero-order chi connectivity index (χ0) is 13.8. The van der Waals surface area contributed by atoms with Gasteiger partial charge in [0.25, 0.3) is 0 Å². The van der Waals surface area contributed by atoms with Gasteiger partial charge in [0, 0.05) is 7.05 Å². The van der Waals surface area contributed by atoms with Crippen molar-refractivity contribution in [3.63, 3.8) is 0 Å². The lowest BCUT2D eigenvalue weighted by molar-refractivity contribution is -0.117. The average Bonchev–Trinajstić information content (AvgIpc) is 2.59. The average molecular weight is 255 g/mol. The van der Waals surface area contributed by atoms with E-state index in [1.165, 1.54) is 4.68 Å². The minimum absolute atomic E-state index is 0.0687. The molecular formula is C10H17N5O3. The number of nitrogens with one attached hydrogen (secondary N) is 1. The summed E-state index contributed by atoms with van der Waals surface area (Å²) in [4.78, 5) is 22.9. The van der Waals surface area contributed by atoms with E-state index >= 15 is 0 Å². The van der Waals surface area contributed by atoms with Gasteiger partial charge in [-0.3, -0.25) is 4.79 Å². The number of alkyl carbamates (subject to hydrolysis) is 1. The van der Waals surface area contributed by atoms with Crippen molar-refractivity contribution in [2.75, 3.05) is 6.54 Å². The zero-order valence-corrected chi connectivity index (χ0v) is 10.9. The van der Waals surface area contributed by atoms with Crippen LogP contribution in [0.2, 0.25) is 0 Å². The molecule has 0 aromatic carbocycles. The molecule has 0 saturated heterocycles. The van der Waals surface area contributed by atoms with E-state index in [1.54, 1.807) is 27.8 Å². The highest BCUT2D eigenvalue weighted by molar-refractivity contribution is 5.85. The second-order valence-corrected chi connectivity index (χ2v) is 4.79. The van der Waals surface area contributed by atoms with Gasteiger partial charge in [-0.2, -0.15) is 0 Å². The third-order valence-electron chi connectivity index (χ3n) is 1.89. The molecule has 8 nitrogen and oxygen atoms in total. The van der Waals surface area contributed by atoms with Crippen LogP contribution in [0.15, 0.2) is 0 Å². The fourth-order valence-electron chi connectivity index (χ4n) is 1.12. The fourth-order valence-corrected chi connectivity index (χ4v) is 1.12. The van der Waals surface area contributed by atoms with E-state index in [4.69, 9.17) is 4.74 Å². The second kappa shape index (κ2) is 5.56. The van der Waals surface area contributed by atoms with Gasteiger partial charge in [0.15, 0.2) is 11.6 Å². The Balaban J connectivity index is 2.34. The predicted octanol–water partition coefficient (Wildman–Crippen LogP) is -0.154. The number of hydrogen-bond donors (Lipinski definition) is 1. The highest BCUT2D eigenvalue weighted by atomic mass is 16.6. The molecule has 1 heterocycles. The van der Waals surface area contributed by atoms with Crippen molar-refractivity contribution in [1.29, 1.82) is 0 Å². The lowest BCUT2D eigenvalue weighted by atomic mass is 10.2. The summed E-state index contributed by atoms with van der Waals surface area (Å²) < 4.78 is 6.41. The maximum atomic E-state index is 11.6.